The largest absolute Gasteiger partial charge is 0.497 e. The van der Waals surface area contributed by atoms with Crippen LogP contribution in [0.15, 0.2) is 37.1 Å². The molecule has 0 N–H and O–H groups in total. The molecule has 0 atom stereocenters. The van der Waals surface area contributed by atoms with Crippen LogP contribution in [0.25, 0.3) is 0 Å². The van der Waals surface area contributed by atoms with Crippen molar-refractivity contribution in [2.24, 2.45) is 0 Å². The first-order valence-electron chi connectivity index (χ1n) is 4.46. The molecule has 1 nitrogen and oxygen atoms in total. The van der Waals surface area contributed by atoms with Crippen LogP contribution in [0.2, 0.25) is 0 Å². The quantitative estimate of drug-likeness (QED) is 0.243. The molecule has 68 valence electrons. The lowest BCUT2D eigenvalue weighted by Gasteiger charge is -1.90. The van der Waals surface area contributed by atoms with Gasteiger partial charge in [-0.3, -0.25) is 0 Å². The molecule has 0 aliphatic carbocycles. The van der Waals surface area contributed by atoms with Gasteiger partial charge in [0.15, 0.2) is 0 Å². The fraction of sp³-hybridized carbons (Fsp3) is 0.455. The average molecular weight is 166 g/mol. The van der Waals surface area contributed by atoms with Crippen molar-refractivity contribution >= 4 is 0 Å². The number of rotatable bonds is 7. The maximum absolute atomic E-state index is 5.04. The van der Waals surface area contributed by atoms with Gasteiger partial charge >= 0.3 is 0 Å². The van der Waals surface area contributed by atoms with Crippen LogP contribution >= 0.6 is 0 Å². The second-order valence-electron chi connectivity index (χ2n) is 2.52. The van der Waals surface area contributed by atoms with Crippen molar-refractivity contribution in [2.45, 2.75) is 26.2 Å². The minimum absolute atomic E-state index is 0.583. The number of allylic oxidation sites excluding steroid dienone is 3. The van der Waals surface area contributed by atoms with Crippen molar-refractivity contribution < 1.29 is 4.74 Å². The average Bonchev–Trinajstić information content (AvgIpc) is 2.10. The van der Waals surface area contributed by atoms with Crippen LogP contribution in [-0.4, -0.2) is 6.61 Å². The standard InChI is InChI=1S/C11H18O/c1-3-5-6-7-8-9-11-12-10-4-2/h4,7-9,11H,2-3,5-6,10H2,1H3. The summed E-state index contributed by atoms with van der Waals surface area (Å²) in [5.74, 6) is 0. The third kappa shape index (κ3) is 9.02. The van der Waals surface area contributed by atoms with E-state index >= 15 is 0 Å². The zero-order valence-corrected chi connectivity index (χ0v) is 7.83. The molecule has 0 radical (unpaired) electrons. The Morgan fingerprint density at radius 3 is 2.83 bits per heavy atom. The highest BCUT2D eigenvalue weighted by molar-refractivity contribution is 4.99. The van der Waals surface area contributed by atoms with E-state index in [1.54, 1.807) is 12.3 Å². The van der Waals surface area contributed by atoms with Gasteiger partial charge in [0, 0.05) is 0 Å². The normalized spacial score (nSPS) is 11.1. The van der Waals surface area contributed by atoms with Crippen molar-refractivity contribution in [3.05, 3.63) is 37.1 Å². The summed E-state index contributed by atoms with van der Waals surface area (Å²) < 4.78 is 5.04. The Labute approximate surface area is 75.4 Å². The van der Waals surface area contributed by atoms with Gasteiger partial charge in [0.25, 0.3) is 0 Å². The smallest absolute Gasteiger partial charge is 0.105 e. The van der Waals surface area contributed by atoms with E-state index in [1.165, 1.54) is 12.8 Å². The van der Waals surface area contributed by atoms with E-state index in [2.05, 4.69) is 19.6 Å². The zero-order valence-electron chi connectivity index (χ0n) is 7.83. The van der Waals surface area contributed by atoms with Crippen molar-refractivity contribution in [3.8, 4) is 0 Å². The van der Waals surface area contributed by atoms with Gasteiger partial charge in [0.1, 0.15) is 6.61 Å². The number of hydrogen-bond donors (Lipinski definition) is 0. The maximum atomic E-state index is 5.04. The molecule has 0 aromatic rings. The lowest BCUT2D eigenvalue weighted by Crippen LogP contribution is -1.77. The van der Waals surface area contributed by atoms with Gasteiger partial charge in [-0.2, -0.15) is 0 Å². The lowest BCUT2D eigenvalue weighted by molar-refractivity contribution is 0.290. The fourth-order valence-electron chi connectivity index (χ4n) is 0.721. The molecule has 0 aromatic heterocycles. The Balaban J connectivity index is 3.20. The molecule has 0 rings (SSSR count). The molecule has 1 heteroatoms. The van der Waals surface area contributed by atoms with Gasteiger partial charge in [-0.25, -0.2) is 0 Å². The van der Waals surface area contributed by atoms with Gasteiger partial charge in [0.2, 0.25) is 0 Å². The number of hydrogen-bond acceptors (Lipinski definition) is 1. The highest BCUT2D eigenvalue weighted by Gasteiger charge is 1.75. The monoisotopic (exact) mass is 166 g/mol. The van der Waals surface area contributed by atoms with Gasteiger partial charge in [-0.1, -0.05) is 44.6 Å². The van der Waals surface area contributed by atoms with Crippen LogP contribution in [0.3, 0.4) is 0 Å². The van der Waals surface area contributed by atoms with Crippen LogP contribution in [0.1, 0.15) is 26.2 Å². The zero-order chi connectivity index (χ0) is 9.07. The highest BCUT2D eigenvalue weighted by atomic mass is 16.5. The van der Waals surface area contributed by atoms with E-state index in [1.807, 2.05) is 12.2 Å². The molecule has 0 aromatic carbocycles. The predicted molar refractivity (Wildman–Crippen MR) is 54.0 cm³/mol. The van der Waals surface area contributed by atoms with Crippen LogP contribution < -0.4 is 0 Å². The Morgan fingerprint density at radius 2 is 2.17 bits per heavy atom. The molecule has 0 unspecified atom stereocenters. The predicted octanol–water partition coefficient (Wildman–Crippen LogP) is 3.45. The Morgan fingerprint density at radius 1 is 1.33 bits per heavy atom. The molecule has 0 saturated carbocycles. The Bertz CT molecular complexity index is 145. The minimum Gasteiger partial charge on any atom is -0.497 e. The molecule has 0 amide bonds. The summed E-state index contributed by atoms with van der Waals surface area (Å²) >= 11 is 0. The van der Waals surface area contributed by atoms with E-state index in [0.717, 1.165) is 6.42 Å². The molecular weight excluding hydrogens is 148 g/mol. The van der Waals surface area contributed by atoms with Crippen molar-refractivity contribution in [1.29, 1.82) is 0 Å². The summed E-state index contributed by atoms with van der Waals surface area (Å²) in [5, 5.41) is 0. The Kier molecular flexibility index (Phi) is 9.20. The van der Waals surface area contributed by atoms with Crippen molar-refractivity contribution in [1.82, 2.24) is 0 Å². The van der Waals surface area contributed by atoms with Gasteiger partial charge < -0.3 is 4.74 Å². The lowest BCUT2D eigenvalue weighted by atomic mass is 10.2. The van der Waals surface area contributed by atoms with Crippen molar-refractivity contribution in [2.75, 3.05) is 6.61 Å². The summed E-state index contributed by atoms with van der Waals surface area (Å²) in [6.07, 6.45) is 13.1. The molecule has 0 bridgehead atoms. The van der Waals surface area contributed by atoms with E-state index < -0.39 is 0 Å². The first kappa shape index (κ1) is 11.0. The van der Waals surface area contributed by atoms with Gasteiger partial charge in [0.05, 0.1) is 6.26 Å². The van der Waals surface area contributed by atoms with Crippen LogP contribution in [0.5, 0.6) is 0 Å². The van der Waals surface area contributed by atoms with Gasteiger partial charge in [-0.05, 0) is 12.5 Å². The molecular formula is C11H18O. The van der Waals surface area contributed by atoms with E-state index in [-0.39, 0.29) is 0 Å². The van der Waals surface area contributed by atoms with E-state index in [4.69, 9.17) is 4.74 Å². The maximum Gasteiger partial charge on any atom is 0.105 e. The number of unbranched alkanes of at least 4 members (excludes halogenated alkanes) is 2. The third-order valence-electron chi connectivity index (χ3n) is 1.36. The summed E-state index contributed by atoms with van der Waals surface area (Å²) in [6.45, 7) is 6.32. The van der Waals surface area contributed by atoms with Gasteiger partial charge in [-0.15, -0.1) is 0 Å². The van der Waals surface area contributed by atoms with E-state index in [0.29, 0.717) is 6.61 Å². The molecule has 0 saturated heterocycles. The summed E-state index contributed by atoms with van der Waals surface area (Å²) in [6, 6.07) is 0. The SMILES string of the molecule is C=CCOC=CC=CCCCC. The van der Waals surface area contributed by atoms with E-state index in [9.17, 15) is 0 Å². The second kappa shape index (κ2) is 10.0. The minimum atomic E-state index is 0.583. The molecule has 0 fully saturated rings. The molecule has 0 heterocycles. The van der Waals surface area contributed by atoms with Crippen LogP contribution in [-0.2, 0) is 4.74 Å². The van der Waals surface area contributed by atoms with Crippen LogP contribution in [0, 0.1) is 0 Å². The molecule has 0 spiro atoms. The molecule has 0 aliphatic heterocycles. The fourth-order valence-corrected chi connectivity index (χ4v) is 0.721. The topological polar surface area (TPSA) is 9.23 Å². The van der Waals surface area contributed by atoms with Crippen molar-refractivity contribution in [3.63, 3.8) is 0 Å². The summed E-state index contributed by atoms with van der Waals surface area (Å²) in [5.41, 5.74) is 0. The third-order valence-corrected chi connectivity index (χ3v) is 1.36. The first-order valence-corrected chi connectivity index (χ1v) is 4.46. The Hall–Kier alpha value is -0.980. The summed E-state index contributed by atoms with van der Waals surface area (Å²) in [4.78, 5) is 0. The first-order chi connectivity index (χ1) is 5.91. The van der Waals surface area contributed by atoms with Crippen LogP contribution in [0.4, 0.5) is 0 Å². The molecule has 12 heavy (non-hydrogen) atoms. The highest BCUT2D eigenvalue weighted by Crippen LogP contribution is 1.94. The second-order valence-corrected chi connectivity index (χ2v) is 2.52. The molecule has 0 aliphatic rings. The number of ether oxygens (including phenoxy) is 1. The summed E-state index contributed by atoms with van der Waals surface area (Å²) in [7, 11) is 0.